The molecule has 0 radical (unpaired) electrons. The normalized spacial score (nSPS) is 24.9. The molecule has 1 aliphatic heterocycles. The van der Waals surface area contributed by atoms with E-state index in [2.05, 4.69) is 51.5 Å². The van der Waals surface area contributed by atoms with Crippen LogP contribution in [0.15, 0.2) is 30.9 Å². The van der Waals surface area contributed by atoms with E-state index in [9.17, 15) is 0 Å². The molecule has 1 aromatic carbocycles. The van der Waals surface area contributed by atoms with Crippen LogP contribution in [0.2, 0.25) is 0 Å². The van der Waals surface area contributed by atoms with Crippen molar-refractivity contribution in [3.8, 4) is 5.69 Å². The molecule has 1 atom stereocenters. The zero-order valence-electron chi connectivity index (χ0n) is 15.7. The van der Waals surface area contributed by atoms with Gasteiger partial charge in [0.2, 0.25) is 0 Å². The van der Waals surface area contributed by atoms with Crippen molar-refractivity contribution in [2.75, 3.05) is 13.2 Å². The van der Waals surface area contributed by atoms with Crippen molar-refractivity contribution >= 4 is 0 Å². The van der Waals surface area contributed by atoms with Crippen molar-refractivity contribution in [3.63, 3.8) is 0 Å². The number of hydrogen-bond acceptors (Lipinski definition) is 5. The maximum absolute atomic E-state index is 5.56. The van der Waals surface area contributed by atoms with E-state index < -0.39 is 0 Å². The second-order valence-corrected chi connectivity index (χ2v) is 7.80. The summed E-state index contributed by atoms with van der Waals surface area (Å²) >= 11 is 0. The Morgan fingerprint density at radius 1 is 1.04 bits per heavy atom. The van der Waals surface area contributed by atoms with Gasteiger partial charge in [-0.1, -0.05) is 6.07 Å². The Bertz CT molecular complexity index is 936. The standard InChI is InChI=1S/C20H24N6O/c1-13-3-4-17(7-14(13)2)26-20(23-19(24-26)15-5-6-27-10-15)16-8-18(9-16)25-11-21-22-12-25/h3-4,7,11-12,15-16,18H,5-6,8-10H2,1-2H3. The van der Waals surface area contributed by atoms with Crippen LogP contribution >= 0.6 is 0 Å². The van der Waals surface area contributed by atoms with Gasteiger partial charge in [-0.25, -0.2) is 9.67 Å². The number of benzene rings is 1. The van der Waals surface area contributed by atoms with Crippen LogP contribution in [0.4, 0.5) is 0 Å². The molecule has 2 fully saturated rings. The Morgan fingerprint density at radius 2 is 1.85 bits per heavy atom. The van der Waals surface area contributed by atoms with Gasteiger partial charge in [0.1, 0.15) is 18.5 Å². The Kier molecular flexibility index (Phi) is 4.04. The van der Waals surface area contributed by atoms with Crippen molar-refractivity contribution in [1.29, 1.82) is 0 Å². The van der Waals surface area contributed by atoms with Gasteiger partial charge >= 0.3 is 0 Å². The fraction of sp³-hybridized carbons (Fsp3) is 0.500. The van der Waals surface area contributed by atoms with Gasteiger partial charge in [0.15, 0.2) is 5.82 Å². The van der Waals surface area contributed by atoms with Gasteiger partial charge in [-0.3, -0.25) is 0 Å². The Hall–Kier alpha value is -2.54. The predicted molar refractivity (Wildman–Crippen MR) is 100 cm³/mol. The Balaban J connectivity index is 1.48. The predicted octanol–water partition coefficient (Wildman–Crippen LogP) is 3.10. The van der Waals surface area contributed by atoms with E-state index in [0.717, 1.165) is 49.8 Å². The molecule has 140 valence electrons. The van der Waals surface area contributed by atoms with Crippen molar-refractivity contribution in [2.24, 2.45) is 0 Å². The molecule has 27 heavy (non-hydrogen) atoms. The quantitative estimate of drug-likeness (QED) is 0.711. The van der Waals surface area contributed by atoms with Crippen LogP contribution in [0, 0.1) is 13.8 Å². The van der Waals surface area contributed by atoms with E-state index >= 15 is 0 Å². The average Bonchev–Trinajstić information content (AvgIpc) is 3.37. The first kappa shape index (κ1) is 16.6. The molecular formula is C20H24N6O. The van der Waals surface area contributed by atoms with E-state index in [4.69, 9.17) is 14.8 Å². The molecule has 1 unspecified atom stereocenters. The number of ether oxygens (including phenoxy) is 1. The number of nitrogens with zero attached hydrogens (tertiary/aromatic N) is 6. The molecule has 0 spiro atoms. The van der Waals surface area contributed by atoms with Crippen LogP contribution in [-0.2, 0) is 4.74 Å². The number of aromatic nitrogens is 6. The minimum absolute atomic E-state index is 0.310. The lowest BCUT2D eigenvalue weighted by Gasteiger charge is -2.35. The van der Waals surface area contributed by atoms with Gasteiger partial charge in [0.25, 0.3) is 0 Å². The second-order valence-electron chi connectivity index (χ2n) is 7.80. The summed E-state index contributed by atoms with van der Waals surface area (Å²) in [6.45, 7) is 5.81. The van der Waals surface area contributed by atoms with Crippen molar-refractivity contribution in [1.82, 2.24) is 29.5 Å². The monoisotopic (exact) mass is 364 g/mol. The topological polar surface area (TPSA) is 70.7 Å². The maximum Gasteiger partial charge on any atom is 0.156 e. The zero-order valence-corrected chi connectivity index (χ0v) is 15.7. The van der Waals surface area contributed by atoms with Crippen molar-refractivity contribution in [3.05, 3.63) is 53.6 Å². The second kappa shape index (κ2) is 6.56. The molecule has 0 amide bonds. The minimum atomic E-state index is 0.310. The largest absolute Gasteiger partial charge is 0.381 e. The molecular weight excluding hydrogens is 340 g/mol. The summed E-state index contributed by atoms with van der Waals surface area (Å²) < 4.78 is 9.72. The molecule has 2 aromatic heterocycles. The van der Waals surface area contributed by atoms with E-state index in [1.165, 1.54) is 11.1 Å². The SMILES string of the molecule is Cc1ccc(-n2nc(C3CCOC3)nc2C2CC(n3cnnc3)C2)cc1C. The van der Waals surface area contributed by atoms with Gasteiger partial charge in [-0.2, -0.15) is 5.10 Å². The highest BCUT2D eigenvalue weighted by Crippen LogP contribution is 2.44. The molecule has 1 aliphatic carbocycles. The summed E-state index contributed by atoms with van der Waals surface area (Å²) in [4.78, 5) is 4.99. The molecule has 0 bridgehead atoms. The Labute approximate surface area is 158 Å². The highest BCUT2D eigenvalue weighted by molar-refractivity contribution is 5.40. The molecule has 2 aliphatic rings. The molecule has 1 saturated heterocycles. The fourth-order valence-electron chi connectivity index (χ4n) is 4.00. The third-order valence-corrected chi connectivity index (χ3v) is 6.02. The molecule has 3 heterocycles. The van der Waals surface area contributed by atoms with Gasteiger partial charge in [0, 0.05) is 24.5 Å². The summed E-state index contributed by atoms with van der Waals surface area (Å²) in [5.41, 5.74) is 3.66. The fourth-order valence-corrected chi connectivity index (χ4v) is 4.00. The summed E-state index contributed by atoms with van der Waals surface area (Å²) in [5, 5.41) is 12.8. The summed E-state index contributed by atoms with van der Waals surface area (Å²) in [6, 6.07) is 6.96. The van der Waals surface area contributed by atoms with E-state index in [0.29, 0.717) is 17.9 Å². The number of hydrogen-bond donors (Lipinski definition) is 0. The lowest BCUT2D eigenvalue weighted by atomic mass is 9.79. The van der Waals surface area contributed by atoms with Crippen molar-refractivity contribution in [2.45, 2.75) is 51.0 Å². The Morgan fingerprint density at radius 3 is 2.56 bits per heavy atom. The lowest BCUT2D eigenvalue weighted by molar-refractivity contribution is 0.193. The van der Waals surface area contributed by atoms with Gasteiger partial charge in [-0.15, -0.1) is 10.2 Å². The van der Waals surface area contributed by atoms with Gasteiger partial charge < -0.3 is 9.30 Å². The highest BCUT2D eigenvalue weighted by Gasteiger charge is 2.36. The third kappa shape index (κ3) is 2.96. The average molecular weight is 364 g/mol. The smallest absolute Gasteiger partial charge is 0.156 e. The highest BCUT2D eigenvalue weighted by atomic mass is 16.5. The van der Waals surface area contributed by atoms with Crippen LogP contribution in [0.3, 0.4) is 0 Å². The van der Waals surface area contributed by atoms with E-state index in [1.807, 2.05) is 0 Å². The maximum atomic E-state index is 5.56. The molecule has 7 heteroatoms. The van der Waals surface area contributed by atoms with Crippen LogP contribution in [0.25, 0.3) is 5.69 Å². The first-order valence-corrected chi connectivity index (χ1v) is 9.65. The molecule has 0 N–H and O–H groups in total. The van der Waals surface area contributed by atoms with Crippen LogP contribution < -0.4 is 0 Å². The lowest BCUT2D eigenvalue weighted by Crippen LogP contribution is -2.27. The first-order chi connectivity index (χ1) is 13.2. The van der Waals surface area contributed by atoms with Gasteiger partial charge in [-0.05, 0) is 56.4 Å². The number of aryl methyl sites for hydroxylation is 2. The molecule has 3 aromatic rings. The van der Waals surface area contributed by atoms with Crippen LogP contribution in [0.1, 0.15) is 59.9 Å². The summed E-state index contributed by atoms with van der Waals surface area (Å²) in [6.07, 6.45) is 6.70. The zero-order chi connectivity index (χ0) is 18.4. The third-order valence-electron chi connectivity index (χ3n) is 6.02. The van der Waals surface area contributed by atoms with Crippen molar-refractivity contribution < 1.29 is 4.74 Å². The number of rotatable bonds is 4. The molecule has 7 nitrogen and oxygen atoms in total. The van der Waals surface area contributed by atoms with Crippen LogP contribution in [0.5, 0.6) is 0 Å². The summed E-state index contributed by atoms with van der Waals surface area (Å²) in [7, 11) is 0. The van der Waals surface area contributed by atoms with E-state index in [-0.39, 0.29) is 0 Å². The minimum Gasteiger partial charge on any atom is -0.381 e. The van der Waals surface area contributed by atoms with Gasteiger partial charge in [0.05, 0.1) is 12.3 Å². The van der Waals surface area contributed by atoms with E-state index in [1.54, 1.807) is 12.7 Å². The molecule has 1 saturated carbocycles. The first-order valence-electron chi connectivity index (χ1n) is 9.65. The molecule has 5 rings (SSSR count). The summed E-state index contributed by atoms with van der Waals surface area (Å²) in [5.74, 6) is 2.71. The van der Waals surface area contributed by atoms with Crippen LogP contribution in [-0.4, -0.2) is 42.7 Å².